The van der Waals surface area contributed by atoms with E-state index >= 15 is 0 Å². The Morgan fingerprint density at radius 1 is 0.358 bits per heavy atom. The first-order chi connectivity index (χ1) is 26.3. The van der Waals surface area contributed by atoms with Crippen LogP contribution in [-0.2, 0) is 5.41 Å². The maximum Gasteiger partial charge on any atom is 0.140 e. The van der Waals surface area contributed by atoms with Crippen LogP contribution in [0.2, 0.25) is 0 Å². The summed E-state index contributed by atoms with van der Waals surface area (Å²) < 4.78 is 6.84. The molecule has 9 aromatic rings. The first-order valence-electron chi connectivity index (χ1n) is 18.3. The Balaban J connectivity index is 1.21. The lowest BCUT2D eigenvalue weighted by Gasteiger charge is -2.32. The summed E-state index contributed by atoms with van der Waals surface area (Å²) in [5, 5.41) is 1.16. The van der Waals surface area contributed by atoms with Crippen molar-refractivity contribution in [2.24, 2.45) is 0 Å². The number of rotatable bonds is 5. The third-order valence-corrected chi connectivity index (χ3v) is 11.2. The Labute approximate surface area is 308 Å². The molecule has 53 heavy (non-hydrogen) atoms. The van der Waals surface area contributed by atoms with E-state index in [1.807, 2.05) is 0 Å². The van der Waals surface area contributed by atoms with E-state index in [1.54, 1.807) is 0 Å². The summed E-state index contributed by atoms with van der Waals surface area (Å²) >= 11 is 0. The first-order valence-corrected chi connectivity index (χ1v) is 18.3. The van der Waals surface area contributed by atoms with Crippen molar-refractivity contribution in [3.05, 3.63) is 222 Å². The molecule has 1 spiro atoms. The van der Waals surface area contributed by atoms with E-state index in [1.165, 1.54) is 55.6 Å². The van der Waals surface area contributed by atoms with Crippen LogP contribution >= 0.6 is 0 Å². The Morgan fingerprint density at radius 2 is 0.906 bits per heavy atom. The van der Waals surface area contributed by atoms with Gasteiger partial charge in [-0.15, -0.1) is 0 Å². The van der Waals surface area contributed by atoms with Crippen LogP contribution in [0.5, 0.6) is 0 Å². The molecule has 8 aromatic carbocycles. The summed E-state index contributed by atoms with van der Waals surface area (Å²) in [4.78, 5) is 2.41. The number of para-hydroxylation sites is 2. The predicted molar refractivity (Wildman–Crippen MR) is 218 cm³/mol. The lowest BCUT2D eigenvalue weighted by Crippen LogP contribution is -2.26. The molecule has 2 nitrogen and oxygen atoms in total. The number of anilines is 3. The molecule has 0 unspecified atom stereocenters. The topological polar surface area (TPSA) is 16.4 Å². The molecule has 11 rings (SSSR count). The number of nitrogens with zero attached hydrogens (tertiary/aromatic N) is 1. The largest absolute Gasteiger partial charge is 0.456 e. The van der Waals surface area contributed by atoms with Crippen LogP contribution in [0.25, 0.3) is 55.7 Å². The van der Waals surface area contributed by atoms with Gasteiger partial charge in [0.25, 0.3) is 0 Å². The van der Waals surface area contributed by atoms with Crippen LogP contribution in [0.15, 0.2) is 205 Å². The number of benzene rings is 8. The van der Waals surface area contributed by atoms with Crippen LogP contribution in [0.4, 0.5) is 17.1 Å². The minimum absolute atomic E-state index is 0.538. The van der Waals surface area contributed by atoms with E-state index in [0.29, 0.717) is 0 Å². The van der Waals surface area contributed by atoms with Crippen molar-refractivity contribution in [2.75, 3.05) is 4.90 Å². The molecule has 1 heterocycles. The van der Waals surface area contributed by atoms with Crippen molar-refractivity contribution in [3.8, 4) is 44.7 Å². The second-order valence-corrected chi connectivity index (χ2v) is 14.0. The highest BCUT2D eigenvalue weighted by Crippen LogP contribution is 2.65. The van der Waals surface area contributed by atoms with Gasteiger partial charge in [-0.1, -0.05) is 146 Å². The molecule has 248 valence electrons. The van der Waals surface area contributed by atoms with Crippen LogP contribution in [0, 0.1) is 0 Å². The maximum atomic E-state index is 6.84. The average Bonchev–Trinajstić information content (AvgIpc) is 3.85. The van der Waals surface area contributed by atoms with Crippen LogP contribution in [0.1, 0.15) is 22.3 Å². The molecular formula is C51H33NO. The van der Waals surface area contributed by atoms with Gasteiger partial charge in [0.2, 0.25) is 0 Å². The summed E-state index contributed by atoms with van der Waals surface area (Å²) in [5.41, 5.74) is 17.2. The highest BCUT2D eigenvalue weighted by molar-refractivity contribution is 6.02. The number of hydrogen-bond donors (Lipinski definition) is 0. The minimum atomic E-state index is -0.538. The van der Waals surface area contributed by atoms with Gasteiger partial charge in [-0.3, -0.25) is 0 Å². The van der Waals surface area contributed by atoms with Crippen molar-refractivity contribution < 1.29 is 4.42 Å². The molecule has 0 atom stereocenters. The number of fused-ring (bicyclic) bond motifs is 12. The van der Waals surface area contributed by atoms with Crippen LogP contribution in [0.3, 0.4) is 0 Å². The van der Waals surface area contributed by atoms with Gasteiger partial charge in [0.1, 0.15) is 11.3 Å². The molecule has 0 N–H and O–H groups in total. The van der Waals surface area contributed by atoms with Gasteiger partial charge in [0.05, 0.1) is 5.41 Å². The van der Waals surface area contributed by atoms with Gasteiger partial charge in [-0.2, -0.15) is 0 Å². The van der Waals surface area contributed by atoms with Gasteiger partial charge >= 0.3 is 0 Å². The second kappa shape index (κ2) is 11.6. The summed E-state index contributed by atoms with van der Waals surface area (Å²) in [5.74, 6) is 0.961. The molecule has 0 saturated carbocycles. The van der Waals surface area contributed by atoms with E-state index in [0.717, 1.165) is 39.4 Å². The first kappa shape index (κ1) is 29.8. The fraction of sp³-hybridized carbons (Fsp3) is 0.0196. The minimum Gasteiger partial charge on any atom is -0.456 e. The molecule has 0 saturated heterocycles. The van der Waals surface area contributed by atoms with Gasteiger partial charge < -0.3 is 9.32 Å². The van der Waals surface area contributed by atoms with Gasteiger partial charge in [0, 0.05) is 33.6 Å². The molecule has 0 amide bonds. The van der Waals surface area contributed by atoms with E-state index in [4.69, 9.17) is 4.42 Å². The zero-order chi connectivity index (χ0) is 34.9. The van der Waals surface area contributed by atoms with Crippen molar-refractivity contribution in [2.45, 2.75) is 5.41 Å². The van der Waals surface area contributed by atoms with Crippen LogP contribution in [-0.4, -0.2) is 0 Å². The van der Waals surface area contributed by atoms with Crippen LogP contribution < -0.4 is 4.90 Å². The maximum absolute atomic E-state index is 6.84. The lowest BCUT2D eigenvalue weighted by atomic mass is 9.70. The smallest absolute Gasteiger partial charge is 0.140 e. The van der Waals surface area contributed by atoms with Gasteiger partial charge in [0.15, 0.2) is 0 Å². The molecule has 0 fully saturated rings. The second-order valence-electron chi connectivity index (χ2n) is 14.0. The zero-order valence-corrected chi connectivity index (χ0v) is 28.9. The highest BCUT2D eigenvalue weighted by Gasteiger charge is 2.54. The Morgan fingerprint density at radius 3 is 1.55 bits per heavy atom. The normalized spacial score (nSPS) is 13.1. The molecule has 0 radical (unpaired) electrons. The molecule has 0 aliphatic heterocycles. The van der Waals surface area contributed by atoms with Crippen molar-refractivity contribution in [3.63, 3.8) is 0 Å². The summed E-state index contributed by atoms with van der Waals surface area (Å²) in [7, 11) is 0. The molecule has 2 aliphatic rings. The van der Waals surface area contributed by atoms with E-state index in [-0.39, 0.29) is 0 Å². The van der Waals surface area contributed by atoms with E-state index in [9.17, 15) is 0 Å². The predicted octanol–water partition coefficient (Wildman–Crippen LogP) is 13.6. The van der Waals surface area contributed by atoms with Crippen molar-refractivity contribution in [1.29, 1.82) is 0 Å². The van der Waals surface area contributed by atoms with Crippen molar-refractivity contribution in [1.82, 2.24) is 0 Å². The SMILES string of the molecule is c1ccc(-c2cc(-c3ccccc3)cc(N(c3ccccc3)c3ccc4c(c3)C3(c5ccccc5-c5ccccc53)c3c-4oc4ccccc34)c2)cc1. The summed E-state index contributed by atoms with van der Waals surface area (Å²) in [6, 6.07) is 72.6. The summed E-state index contributed by atoms with van der Waals surface area (Å²) in [6.45, 7) is 0. The van der Waals surface area contributed by atoms with Gasteiger partial charge in [-0.25, -0.2) is 0 Å². The third kappa shape index (κ3) is 4.33. The third-order valence-electron chi connectivity index (χ3n) is 11.2. The molecule has 2 aliphatic carbocycles. The van der Waals surface area contributed by atoms with E-state index < -0.39 is 5.41 Å². The Kier molecular flexibility index (Phi) is 6.50. The summed E-state index contributed by atoms with van der Waals surface area (Å²) in [6.07, 6.45) is 0. The van der Waals surface area contributed by atoms with Gasteiger partial charge in [-0.05, 0) is 105 Å². The molecule has 2 heteroatoms. The molecule has 0 bridgehead atoms. The number of hydrogen-bond acceptors (Lipinski definition) is 2. The Bertz CT molecular complexity index is 2730. The van der Waals surface area contributed by atoms with E-state index in [2.05, 4.69) is 205 Å². The fourth-order valence-electron chi connectivity index (χ4n) is 9.08. The highest BCUT2D eigenvalue weighted by atomic mass is 16.3. The molecular weight excluding hydrogens is 643 g/mol. The zero-order valence-electron chi connectivity index (χ0n) is 28.9. The number of furan rings is 1. The Hall–Kier alpha value is -6.90. The lowest BCUT2D eigenvalue weighted by molar-refractivity contribution is 0.628. The fourth-order valence-corrected chi connectivity index (χ4v) is 9.08. The standard InChI is InChI=1S/C51H33NO/c1-4-16-34(17-5-1)36-30-37(35-18-6-2-7-19-35)32-40(31-36)52(38-20-8-3-9-21-38)39-28-29-43-47(33-39)51(49-44-24-12-15-27-48(44)53-50(43)49)45-25-13-10-22-41(45)42-23-11-14-26-46(42)51/h1-33H. The average molecular weight is 676 g/mol. The quantitative estimate of drug-likeness (QED) is 0.181. The van der Waals surface area contributed by atoms with Crippen molar-refractivity contribution >= 4 is 28.0 Å². The monoisotopic (exact) mass is 675 g/mol. The molecule has 1 aromatic heterocycles.